The number of anilines is 1. The molecule has 0 heterocycles. The van der Waals surface area contributed by atoms with Crippen LogP contribution in [0.3, 0.4) is 0 Å². The first kappa shape index (κ1) is 22.1. The van der Waals surface area contributed by atoms with E-state index in [1.807, 2.05) is 18.2 Å². The van der Waals surface area contributed by atoms with E-state index in [0.29, 0.717) is 32.1 Å². The topological polar surface area (TPSA) is 85.9 Å². The van der Waals surface area contributed by atoms with E-state index in [9.17, 15) is 15.3 Å². The molecule has 0 aliphatic rings. The average molecular weight is 493 g/mol. The molecule has 3 aromatic carbocycles. The van der Waals surface area contributed by atoms with Crippen molar-refractivity contribution < 1.29 is 9.53 Å². The molecule has 31 heavy (non-hydrogen) atoms. The smallest absolute Gasteiger partial charge is 0.266 e. The molecule has 3 aromatic rings. The van der Waals surface area contributed by atoms with Gasteiger partial charge in [0.25, 0.3) is 5.91 Å². The lowest BCUT2D eigenvalue weighted by atomic mass is 10.1. The van der Waals surface area contributed by atoms with Crippen LogP contribution in [0.5, 0.6) is 5.75 Å². The van der Waals surface area contributed by atoms with Crippen LogP contribution in [0.15, 0.2) is 76.8 Å². The Morgan fingerprint density at radius 3 is 2.61 bits per heavy atom. The first-order valence-electron chi connectivity index (χ1n) is 9.09. The van der Waals surface area contributed by atoms with E-state index in [1.165, 1.54) is 6.08 Å². The fourth-order valence-electron chi connectivity index (χ4n) is 2.71. The molecule has 1 N–H and O–H groups in total. The highest BCUT2D eigenvalue weighted by atomic mass is 79.9. The third kappa shape index (κ3) is 5.96. The fraction of sp³-hybridized carbons (Fsp3) is 0.0417. The summed E-state index contributed by atoms with van der Waals surface area (Å²) in [5.41, 5.74) is 2.44. The van der Waals surface area contributed by atoms with Crippen LogP contribution in [0.25, 0.3) is 6.08 Å². The molecule has 0 saturated heterocycles. The molecule has 7 heteroatoms. The lowest BCUT2D eigenvalue weighted by Crippen LogP contribution is -2.13. The maximum Gasteiger partial charge on any atom is 0.266 e. The second kappa shape index (κ2) is 10.4. The van der Waals surface area contributed by atoms with Crippen LogP contribution in [0.1, 0.15) is 16.7 Å². The molecule has 1 amide bonds. The first-order chi connectivity index (χ1) is 15.0. The molecule has 0 aliphatic heterocycles. The second-order valence-corrected chi connectivity index (χ2v) is 7.67. The summed E-state index contributed by atoms with van der Waals surface area (Å²) in [6, 6.07) is 23.2. The van der Waals surface area contributed by atoms with Crippen LogP contribution >= 0.6 is 27.5 Å². The standard InChI is InChI=1S/C24H15BrClN3O2/c25-22-11-16(8-9-23(22)31-15-18-5-2-1-4-17(18)13-27)10-19(14-28)24(30)29-21-7-3-6-20(26)12-21/h1-12H,15H2,(H,29,30)/b19-10+. The molecule has 0 aromatic heterocycles. The number of halogens is 2. The molecule has 0 unspecified atom stereocenters. The van der Waals surface area contributed by atoms with Crippen molar-refractivity contribution in [1.82, 2.24) is 0 Å². The largest absolute Gasteiger partial charge is 0.488 e. The zero-order valence-corrected chi connectivity index (χ0v) is 18.4. The maximum absolute atomic E-state index is 12.4. The summed E-state index contributed by atoms with van der Waals surface area (Å²) < 4.78 is 6.47. The Hall–Kier alpha value is -3.58. The van der Waals surface area contributed by atoms with Gasteiger partial charge in [0.1, 0.15) is 24.0 Å². The van der Waals surface area contributed by atoms with Gasteiger partial charge < -0.3 is 10.1 Å². The predicted octanol–water partition coefficient (Wildman–Crippen LogP) is 6.10. The Balaban J connectivity index is 1.73. The summed E-state index contributed by atoms with van der Waals surface area (Å²) in [4.78, 5) is 12.4. The van der Waals surface area contributed by atoms with Gasteiger partial charge in [-0.25, -0.2) is 0 Å². The Kier molecular flexibility index (Phi) is 7.45. The summed E-state index contributed by atoms with van der Waals surface area (Å²) in [6.07, 6.45) is 1.49. The first-order valence-corrected chi connectivity index (χ1v) is 10.3. The summed E-state index contributed by atoms with van der Waals surface area (Å²) in [5, 5.41) is 21.7. The lowest BCUT2D eigenvalue weighted by Gasteiger charge is -2.10. The highest BCUT2D eigenvalue weighted by Crippen LogP contribution is 2.28. The summed E-state index contributed by atoms with van der Waals surface area (Å²) in [7, 11) is 0. The van der Waals surface area contributed by atoms with Crippen LogP contribution in [-0.2, 0) is 11.4 Å². The Morgan fingerprint density at radius 2 is 1.90 bits per heavy atom. The van der Waals surface area contributed by atoms with Crippen LogP contribution in [-0.4, -0.2) is 5.91 Å². The van der Waals surface area contributed by atoms with Gasteiger partial charge in [-0.2, -0.15) is 10.5 Å². The second-order valence-electron chi connectivity index (χ2n) is 6.38. The summed E-state index contributed by atoms with van der Waals surface area (Å²) >= 11 is 9.37. The van der Waals surface area contributed by atoms with Crippen LogP contribution < -0.4 is 10.1 Å². The van der Waals surface area contributed by atoms with E-state index in [0.717, 1.165) is 5.56 Å². The van der Waals surface area contributed by atoms with Gasteiger partial charge in [0.05, 0.1) is 16.1 Å². The van der Waals surface area contributed by atoms with Gasteiger partial charge in [0.2, 0.25) is 0 Å². The molecule has 0 fully saturated rings. The minimum Gasteiger partial charge on any atom is -0.488 e. The number of nitriles is 2. The van der Waals surface area contributed by atoms with Gasteiger partial charge in [-0.1, -0.05) is 41.9 Å². The zero-order valence-electron chi connectivity index (χ0n) is 16.1. The van der Waals surface area contributed by atoms with Crippen LogP contribution in [0, 0.1) is 22.7 Å². The molecule has 5 nitrogen and oxygen atoms in total. The molecule has 0 atom stereocenters. The minimum atomic E-state index is -0.533. The van der Waals surface area contributed by atoms with Crippen molar-refractivity contribution in [1.29, 1.82) is 10.5 Å². The maximum atomic E-state index is 12.4. The quantitative estimate of drug-likeness (QED) is 0.333. The Labute approximate surface area is 193 Å². The molecule has 3 rings (SSSR count). The van der Waals surface area contributed by atoms with Crippen molar-refractivity contribution in [3.63, 3.8) is 0 Å². The monoisotopic (exact) mass is 491 g/mol. The molecule has 0 spiro atoms. The van der Waals surface area contributed by atoms with E-state index in [2.05, 4.69) is 27.3 Å². The van der Waals surface area contributed by atoms with Crippen molar-refractivity contribution in [3.8, 4) is 17.9 Å². The van der Waals surface area contributed by atoms with Gasteiger partial charge in [-0.15, -0.1) is 0 Å². The van der Waals surface area contributed by atoms with Crippen molar-refractivity contribution in [2.24, 2.45) is 0 Å². The normalized spacial score (nSPS) is 10.6. The third-order valence-electron chi connectivity index (χ3n) is 4.24. The number of nitrogens with zero attached hydrogens (tertiary/aromatic N) is 2. The minimum absolute atomic E-state index is 0.0523. The predicted molar refractivity (Wildman–Crippen MR) is 123 cm³/mol. The number of rotatable bonds is 6. The molecule has 0 radical (unpaired) electrons. The van der Waals surface area contributed by atoms with Crippen molar-refractivity contribution in [3.05, 3.63) is 98.5 Å². The number of amides is 1. The molecule has 0 aliphatic carbocycles. The number of nitrogens with one attached hydrogen (secondary N) is 1. The number of hydrogen-bond acceptors (Lipinski definition) is 4. The molecule has 152 valence electrons. The van der Waals surface area contributed by atoms with Gasteiger partial charge in [0, 0.05) is 16.3 Å². The van der Waals surface area contributed by atoms with Gasteiger partial charge in [-0.05, 0) is 64.0 Å². The average Bonchev–Trinajstić information content (AvgIpc) is 2.77. The van der Waals surface area contributed by atoms with Gasteiger partial charge in [0.15, 0.2) is 0 Å². The van der Waals surface area contributed by atoms with E-state index in [1.54, 1.807) is 54.6 Å². The molecule has 0 saturated carbocycles. The molecular formula is C24H15BrClN3O2. The van der Waals surface area contributed by atoms with Crippen molar-refractivity contribution in [2.75, 3.05) is 5.32 Å². The SMILES string of the molecule is N#C/C(=C\c1ccc(OCc2ccccc2C#N)c(Br)c1)C(=O)Nc1cccc(Cl)c1. The van der Waals surface area contributed by atoms with E-state index in [4.69, 9.17) is 16.3 Å². The number of benzene rings is 3. The fourth-order valence-corrected chi connectivity index (χ4v) is 3.42. The molecular weight excluding hydrogens is 478 g/mol. The van der Waals surface area contributed by atoms with Gasteiger partial charge in [-0.3, -0.25) is 4.79 Å². The Morgan fingerprint density at radius 1 is 1.10 bits per heavy atom. The summed E-state index contributed by atoms with van der Waals surface area (Å²) in [5.74, 6) is 0.0427. The highest BCUT2D eigenvalue weighted by molar-refractivity contribution is 9.10. The third-order valence-corrected chi connectivity index (χ3v) is 5.09. The van der Waals surface area contributed by atoms with Crippen LogP contribution in [0.2, 0.25) is 5.02 Å². The highest BCUT2D eigenvalue weighted by Gasteiger charge is 2.11. The van der Waals surface area contributed by atoms with E-state index >= 15 is 0 Å². The summed E-state index contributed by atoms with van der Waals surface area (Å²) in [6.45, 7) is 0.239. The number of carbonyl (C=O) groups is 1. The number of hydrogen-bond donors (Lipinski definition) is 1. The van der Waals surface area contributed by atoms with E-state index in [-0.39, 0.29) is 12.2 Å². The number of ether oxygens (including phenoxy) is 1. The van der Waals surface area contributed by atoms with Gasteiger partial charge >= 0.3 is 0 Å². The van der Waals surface area contributed by atoms with Crippen LogP contribution in [0.4, 0.5) is 5.69 Å². The lowest BCUT2D eigenvalue weighted by molar-refractivity contribution is -0.112. The zero-order chi connectivity index (χ0) is 22.2. The molecule has 0 bridgehead atoms. The van der Waals surface area contributed by atoms with Crippen molar-refractivity contribution in [2.45, 2.75) is 6.61 Å². The number of carbonyl (C=O) groups excluding carboxylic acids is 1. The van der Waals surface area contributed by atoms with E-state index < -0.39 is 5.91 Å². The Bertz CT molecular complexity index is 1240. The van der Waals surface area contributed by atoms with Crippen molar-refractivity contribution >= 4 is 45.2 Å².